The van der Waals surface area contributed by atoms with Crippen LogP contribution < -0.4 is 0 Å². The third-order valence-corrected chi connectivity index (χ3v) is 7.25. The summed E-state index contributed by atoms with van der Waals surface area (Å²) in [6.45, 7) is 4.58. The second-order valence-corrected chi connectivity index (χ2v) is 8.44. The van der Waals surface area contributed by atoms with Crippen LogP contribution in [0.2, 0.25) is 0 Å². The van der Waals surface area contributed by atoms with Crippen molar-refractivity contribution in [3.8, 4) is 0 Å². The Bertz CT molecular complexity index is 359. The quantitative estimate of drug-likeness (QED) is 0.624. The van der Waals surface area contributed by atoms with Crippen LogP contribution in [0.5, 0.6) is 0 Å². The molecular weight excluding hydrogens is 300 g/mol. The number of hydrogen-bond acceptors (Lipinski definition) is 2. The molecule has 0 N–H and O–H groups in total. The zero-order valence-electron chi connectivity index (χ0n) is 15.7. The lowest BCUT2D eigenvalue weighted by Crippen LogP contribution is -2.49. The first-order chi connectivity index (χ1) is 11.2. The number of carbonyl (C=O) groups excluding carboxylic acids is 1. The Kier molecular flexibility index (Phi) is 7.64. The molecule has 0 aromatic rings. The van der Waals surface area contributed by atoms with Crippen LogP contribution >= 0.6 is 0 Å². The molecule has 0 aliphatic heterocycles. The predicted octanol–water partition coefficient (Wildman–Crippen LogP) is 4.78. The van der Waals surface area contributed by atoms with Gasteiger partial charge < -0.3 is 4.43 Å². The van der Waals surface area contributed by atoms with Gasteiger partial charge in [0.25, 0.3) is 5.97 Å². The Morgan fingerprint density at radius 2 is 1.61 bits per heavy atom. The van der Waals surface area contributed by atoms with Crippen molar-refractivity contribution < 1.29 is 9.22 Å². The molecule has 2 rings (SSSR count). The highest BCUT2D eigenvalue weighted by molar-refractivity contribution is 6.06. The van der Waals surface area contributed by atoms with Crippen LogP contribution in [0.15, 0.2) is 0 Å². The largest absolute Gasteiger partial charge is 0.528 e. The summed E-state index contributed by atoms with van der Waals surface area (Å²) in [4.78, 5) is 13.2. The number of hydrogen-bond donors (Lipinski definition) is 0. The van der Waals surface area contributed by atoms with E-state index in [4.69, 9.17) is 4.43 Å². The standard InChI is InChI=1S/C20H38O2Si/c1-3-15-20(19(21)22-23,17-13-9-6-10-14-17)18(4-2)16-11-7-5-8-12-16/h16-18H,3-15H2,1-2,23H3. The molecule has 2 fully saturated rings. The molecule has 0 spiro atoms. The average Bonchev–Trinajstić information content (AvgIpc) is 2.62. The van der Waals surface area contributed by atoms with Gasteiger partial charge in [0, 0.05) is 0 Å². The highest BCUT2D eigenvalue weighted by atomic mass is 28.2. The Labute approximate surface area is 146 Å². The maximum absolute atomic E-state index is 13.2. The summed E-state index contributed by atoms with van der Waals surface area (Å²) in [5.74, 6) is 2.05. The van der Waals surface area contributed by atoms with Gasteiger partial charge in [-0.25, -0.2) is 0 Å². The smallest absolute Gasteiger partial charge is 0.298 e. The highest BCUT2D eigenvalue weighted by Crippen LogP contribution is 2.53. The van der Waals surface area contributed by atoms with Crippen molar-refractivity contribution in [1.82, 2.24) is 0 Å². The fourth-order valence-corrected chi connectivity index (χ4v) is 6.37. The molecular formula is C20H38O2Si. The van der Waals surface area contributed by atoms with E-state index in [1.54, 1.807) is 0 Å². The van der Waals surface area contributed by atoms with E-state index >= 15 is 0 Å². The third kappa shape index (κ3) is 4.03. The molecule has 3 heteroatoms. The van der Waals surface area contributed by atoms with E-state index in [-0.39, 0.29) is 11.4 Å². The van der Waals surface area contributed by atoms with E-state index in [0.717, 1.165) is 25.2 Å². The lowest BCUT2D eigenvalue weighted by Gasteiger charge is -2.49. The lowest BCUT2D eigenvalue weighted by atomic mass is 9.55. The second-order valence-electron chi connectivity index (χ2n) is 8.03. The summed E-state index contributed by atoms with van der Waals surface area (Å²) in [5.41, 5.74) is -0.173. The zero-order valence-corrected chi connectivity index (χ0v) is 17.7. The Hall–Kier alpha value is -0.313. The molecule has 0 bridgehead atoms. The summed E-state index contributed by atoms with van der Waals surface area (Å²) < 4.78 is 5.60. The van der Waals surface area contributed by atoms with Gasteiger partial charge in [0.2, 0.25) is 10.5 Å². The van der Waals surface area contributed by atoms with Crippen molar-refractivity contribution in [1.29, 1.82) is 0 Å². The summed E-state index contributed by atoms with van der Waals surface area (Å²) in [6.07, 6.45) is 16.6. The van der Waals surface area contributed by atoms with Gasteiger partial charge in [-0.1, -0.05) is 78.1 Å². The molecule has 0 saturated heterocycles. The summed E-state index contributed by atoms with van der Waals surface area (Å²) in [6, 6.07) is 0. The van der Waals surface area contributed by atoms with Gasteiger partial charge in [0.05, 0.1) is 5.41 Å². The van der Waals surface area contributed by atoms with Crippen molar-refractivity contribution in [3.63, 3.8) is 0 Å². The average molecular weight is 339 g/mol. The van der Waals surface area contributed by atoms with Crippen molar-refractivity contribution in [2.24, 2.45) is 23.2 Å². The van der Waals surface area contributed by atoms with Crippen LogP contribution in [0, 0.1) is 23.2 Å². The van der Waals surface area contributed by atoms with E-state index in [2.05, 4.69) is 13.8 Å². The summed E-state index contributed by atoms with van der Waals surface area (Å²) in [7, 11) is 0.544. The molecule has 2 saturated carbocycles. The Morgan fingerprint density at radius 3 is 2.09 bits per heavy atom. The maximum Gasteiger partial charge on any atom is 0.298 e. The van der Waals surface area contributed by atoms with E-state index < -0.39 is 0 Å². The first-order valence-corrected chi connectivity index (χ1v) is 11.1. The molecule has 2 atom stereocenters. The van der Waals surface area contributed by atoms with Crippen molar-refractivity contribution in [3.05, 3.63) is 0 Å². The van der Waals surface area contributed by atoms with Crippen LogP contribution in [-0.2, 0) is 9.22 Å². The molecule has 2 aliphatic carbocycles. The fraction of sp³-hybridized carbons (Fsp3) is 0.950. The van der Waals surface area contributed by atoms with Gasteiger partial charge in [0.1, 0.15) is 0 Å². The van der Waals surface area contributed by atoms with Crippen LogP contribution in [0.4, 0.5) is 0 Å². The molecule has 2 nitrogen and oxygen atoms in total. The lowest BCUT2D eigenvalue weighted by molar-refractivity contribution is -0.160. The highest BCUT2D eigenvalue weighted by Gasteiger charge is 2.52. The normalized spacial score (nSPS) is 25.0. The van der Waals surface area contributed by atoms with Gasteiger partial charge in [-0.3, -0.25) is 4.79 Å². The molecule has 0 amide bonds. The molecule has 0 heterocycles. The Morgan fingerprint density at radius 1 is 1.04 bits per heavy atom. The summed E-state index contributed by atoms with van der Waals surface area (Å²) >= 11 is 0. The second kappa shape index (κ2) is 9.24. The first kappa shape index (κ1) is 19.0. The summed E-state index contributed by atoms with van der Waals surface area (Å²) in [5, 5.41) is 0. The monoisotopic (exact) mass is 338 g/mol. The number of rotatable bonds is 7. The van der Waals surface area contributed by atoms with Gasteiger partial charge in [-0.05, 0) is 37.0 Å². The maximum atomic E-state index is 13.2. The fourth-order valence-electron chi connectivity index (χ4n) is 5.99. The molecule has 0 aromatic carbocycles. The molecule has 23 heavy (non-hydrogen) atoms. The minimum absolute atomic E-state index is 0.173. The SMILES string of the molecule is CCCC(C(=O)O[SiH3])(C1CCCCC1)C(CC)C1CCCCC1. The van der Waals surface area contributed by atoms with Crippen molar-refractivity contribution in [2.75, 3.05) is 0 Å². The van der Waals surface area contributed by atoms with E-state index in [9.17, 15) is 4.79 Å². The molecule has 0 radical (unpaired) electrons. The molecule has 2 aliphatic rings. The van der Waals surface area contributed by atoms with E-state index in [1.165, 1.54) is 64.2 Å². The van der Waals surface area contributed by atoms with Gasteiger partial charge in [-0.2, -0.15) is 0 Å². The van der Waals surface area contributed by atoms with Crippen molar-refractivity contribution >= 4 is 16.5 Å². The van der Waals surface area contributed by atoms with Crippen LogP contribution in [0.25, 0.3) is 0 Å². The molecule has 2 unspecified atom stereocenters. The number of carbonyl (C=O) groups is 1. The van der Waals surface area contributed by atoms with E-state index in [0.29, 0.717) is 22.3 Å². The van der Waals surface area contributed by atoms with Crippen molar-refractivity contribution in [2.45, 2.75) is 97.3 Å². The van der Waals surface area contributed by atoms with Gasteiger partial charge in [-0.15, -0.1) is 0 Å². The molecule has 134 valence electrons. The third-order valence-electron chi connectivity index (χ3n) is 6.88. The first-order valence-electron chi connectivity index (χ1n) is 10.3. The van der Waals surface area contributed by atoms with Crippen LogP contribution in [0.1, 0.15) is 97.3 Å². The van der Waals surface area contributed by atoms with Gasteiger partial charge >= 0.3 is 0 Å². The van der Waals surface area contributed by atoms with Crippen LogP contribution in [0.3, 0.4) is 0 Å². The minimum Gasteiger partial charge on any atom is -0.528 e. The Balaban J connectivity index is 2.36. The minimum atomic E-state index is -0.173. The van der Waals surface area contributed by atoms with Crippen LogP contribution in [-0.4, -0.2) is 16.5 Å². The predicted molar refractivity (Wildman–Crippen MR) is 100 cm³/mol. The molecule has 0 aromatic heterocycles. The zero-order chi connectivity index (χ0) is 16.7. The van der Waals surface area contributed by atoms with E-state index in [1.807, 2.05) is 0 Å². The topological polar surface area (TPSA) is 26.3 Å². The van der Waals surface area contributed by atoms with Gasteiger partial charge in [0.15, 0.2) is 0 Å².